The number of carbonyl (C=O) groups is 1. The number of nitrogens with one attached hydrogen (secondary N) is 2. The molecule has 0 atom stereocenters. The first-order valence-electron chi connectivity index (χ1n) is 14.1. The van der Waals surface area contributed by atoms with Gasteiger partial charge in [-0.1, -0.05) is 13.8 Å². The summed E-state index contributed by atoms with van der Waals surface area (Å²) in [5, 5.41) is 10.1. The van der Waals surface area contributed by atoms with Crippen molar-refractivity contribution in [3.63, 3.8) is 0 Å². The number of nitrogens with zero attached hydrogens (tertiary/aromatic N) is 6. The van der Waals surface area contributed by atoms with Crippen molar-refractivity contribution in [2.24, 2.45) is 13.0 Å². The molecule has 3 aromatic heterocycles. The predicted molar refractivity (Wildman–Crippen MR) is 152 cm³/mol. The second kappa shape index (κ2) is 10.9. The van der Waals surface area contributed by atoms with Crippen LogP contribution in [0.5, 0.6) is 0 Å². The van der Waals surface area contributed by atoms with Crippen LogP contribution in [0.2, 0.25) is 0 Å². The molecule has 1 saturated heterocycles. The Labute approximate surface area is 238 Å². The third-order valence-electron chi connectivity index (χ3n) is 8.06. The van der Waals surface area contributed by atoms with Crippen molar-refractivity contribution in [2.75, 3.05) is 35.2 Å². The third-order valence-corrected chi connectivity index (χ3v) is 8.06. The number of alkyl halides is 3. The maximum Gasteiger partial charge on any atom is 0.435 e. The first kappa shape index (κ1) is 28.8. The van der Waals surface area contributed by atoms with Crippen LogP contribution in [0.15, 0.2) is 24.5 Å². The number of piperidine rings is 1. The van der Waals surface area contributed by atoms with Crippen molar-refractivity contribution in [2.45, 2.75) is 70.9 Å². The molecule has 2 aliphatic rings. The van der Waals surface area contributed by atoms with Gasteiger partial charge in [0.05, 0.1) is 33.7 Å². The topological polar surface area (TPSA) is 101 Å². The van der Waals surface area contributed by atoms with Crippen molar-refractivity contribution in [3.8, 4) is 11.4 Å². The van der Waals surface area contributed by atoms with E-state index in [1.54, 1.807) is 6.07 Å². The van der Waals surface area contributed by atoms with Crippen LogP contribution in [-0.4, -0.2) is 50.3 Å². The number of amides is 1. The average Bonchev–Trinajstić information content (AvgIpc) is 3.43. The summed E-state index contributed by atoms with van der Waals surface area (Å²) in [5.41, 5.74) is 1.69. The second-order valence-electron chi connectivity index (χ2n) is 11.9. The van der Waals surface area contributed by atoms with Gasteiger partial charge in [0, 0.05) is 32.6 Å². The molecule has 0 radical (unpaired) electrons. The van der Waals surface area contributed by atoms with E-state index in [4.69, 9.17) is 4.98 Å². The molecule has 0 saturated carbocycles. The van der Waals surface area contributed by atoms with Crippen molar-refractivity contribution in [1.82, 2.24) is 24.7 Å². The lowest BCUT2D eigenvalue weighted by Gasteiger charge is -2.35. The number of rotatable bonds is 8. The summed E-state index contributed by atoms with van der Waals surface area (Å²) < 4.78 is 41.3. The molecule has 220 valence electrons. The van der Waals surface area contributed by atoms with E-state index in [1.807, 2.05) is 19.9 Å². The van der Waals surface area contributed by atoms with Crippen LogP contribution in [0.3, 0.4) is 0 Å². The second-order valence-corrected chi connectivity index (χ2v) is 11.9. The van der Waals surface area contributed by atoms with E-state index in [0.717, 1.165) is 61.1 Å². The van der Waals surface area contributed by atoms with E-state index in [9.17, 15) is 18.0 Å². The Hall–Kier alpha value is -3.70. The Kier molecular flexibility index (Phi) is 7.69. The van der Waals surface area contributed by atoms with Crippen LogP contribution in [0.4, 0.5) is 30.5 Å². The molecule has 5 rings (SSSR count). The van der Waals surface area contributed by atoms with Gasteiger partial charge in [-0.25, -0.2) is 15.0 Å². The number of hydrogen-bond acceptors (Lipinski definition) is 7. The number of aromatic nitrogens is 5. The zero-order valence-corrected chi connectivity index (χ0v) is 24.1. The molecule has 0 unspecified atom stereocenters. The van der Waals surface area contributed by atoms with Crippen LogP contribution >= 0.6 is 0 Å². The first-order chi connectivity index (χ1) is 19.4. The summed E-state index contributed by atoms with van der Waals surface area (Å²) in [6, 6.07) is 4.74. The van der Waals surface area contributed by atoms with Gasteiger partial charge in [-0.15, -0.1) is 0 Å². The monoisotopic (exact) mass is 570 g/mol. The molecule has 0 spiro atoms. The lowest BCUT2D eigenvalue weighted by molar-refractivity contribution is -0.141. The van der Waals surface area contributed by atoms with Crippen molar-refractivity contribution in [3.05, 3.63) is 41.5 Å². The fourth-order valence-corrected chi connectivity index (χ4v) is 5.69. The predicted octanol–water partition coefficient (Wildman–Crippen LogP) is 5.75. The quantitative estimate of drug-likeness (QED) is 0.333. The first-order valence-corrected chi connectivity index (χ1v) is 14.1. The zero-order valence-electron chi connectivity index (χ0n) is 24.1. The Balaban J connectivity index is 1.41. The molecule has 5 heterocycles. The third kappa shape index (κ3) is 5.73. The van der Waals surface area contributed by atoms with Gasteiger partial charge >= 0.3 is 6.18 Å². The summed E-state index contributed by atoms with van der Waals surface area (Å²) >= 11 is 0. The average molecular weight is 571 g/mol. The SMILES string of the molecule is CC(C)CCCNc1ccc(-c2cc(C(F)(F)F)nn2C)nc1C1CCN(c2ncnc3c2C(C)(C)C(=O)N3)CC1. The number of halogens is 3. The number of hydrogen-bond donors (Lipinski definition) is 2. The Morgan fingerprint density at radius 1 is 1.17 bits per heavy atom. The number of carbonyl (C=O) groups excluding carboxylic acids is 1. The molecule has 41 heavy (non-hydrogen) atoms. The van der Waals surface area contributed by atoms with E-state index in [1.165, 1.54) is 18.1 Å². The molecule has 1 fully saturated rings. The minimum atomic E-state index is -4.53. The van der Waals surface area contributed by atoms with Crippen molar-refractivity contribution < 1.29 is 18.0 Å². The highest BCUT2D eigenvalue weighted by molar-refractivity contribution is 6.06. The molecular formula is C29H37F3N8O. The maximum atomic E-state index is 13.3. The summed E-state index contributed by atoms with van der Waals surface area (Å²) in [6.07, 6.45) is 0.607. The standard InChI is InChI=1S/C29H37F3N8O/c1-17(2)7-6-12-33-20-9-8-19(21-15-22(29(30,31)32)38-39(21)5)36-24(20)18-10-13-40(14-11-18)26-23-25(34-16-35-26)37-27(41)28(23,3)4/h8-9,15-18,33H,6-7,10-14H2,1-5H3,(H,34,35,37,41). The number of anilines is 3. The van der Waals surface area contributed by atoms with Gasteiger partial charge in [0.1, 0.15) is 18.0 Å². The van der Waals surface area contributed by atoms with Gasteiger partial charge in [0.15, 0.2) is 5.69 Å². The van der Waals surface area contributed by atoms with Gasteiger partial charge in [0.25, 0.3) is 0 Å². The Morgan fingerprint density at radius 3 is 2.56 bits per heavy atom. The molecule has 2 aliphatic heterocycles. The number of aryl methyl sites for hydroxylation is 1. The van der Waals surface area contributed by atoms with E-state index >= 15 is 0 Å². The van der Waals surface area contributed by atoms with Crippen LogP contribution in [0, 0.1) is 5.92 Å². The molecule has 0 aromatic carbocycles. The van der Waals surface area contributed by atoms with E-state index in [-0.39, 0.29) is 11.8 Å². The summed E-state index contributed by atoms with van der Waals surface area (Å²) in [6.45, 7) is 10.3. The minimum absolute atomic E-state index is 0.0942. The molecule has 2 N–H and O–H groups in total. The number of fused-ring (bicyclic) bond motifs is 1. The van der Waals surface area contributed by atoms with Gasteiger partial charge in [-0.05, 0) is 63.6 Å². The normalized spacial score (nSPS) is 17.2. The number of pyridine rings is 1. The van der Waals surface area contributed by atoms with E-state index in [0.29, 0.717) is 36.2 Å². The van der Waals surface area contributed by atoms with Crippen LogP contribution in [0.25, 0.3) is 11.4 Å². The Morgan fingerprint density at radius 2 is 1.90 bits per heavy atom. The van der Waals surface area contributed by atoms with E-state index in [2.05, 4.69) is 44.4 Å². The zero-order chi connectivity index (χ0) is 29.5. The molecular weight excluding hydrogens is 533 g/mol. The van der Waals surface area contributed by atoms with Crippen molar-refractivity contribution in [1.29, 1.82) is 0 Å². The molecule has 9 nitrogen and oxygen atoms in total. The summed E-state index contributed by atoms with van der Waals surface area (Å²) in [4.78, 5) is 28.5. The molecule has 3 aromatic rings. The fourth-order valence-electron chi connectivity index (χ4n) is 5.69. The lowest BCUT2D eigenvalue weighted by atomic mass is 9.86. The van der Waals surface area contributed by atoms with Gasteiger partial charge in [-0.2, -0.15) is 18.3 Å². The van der Waals surface area contributed by atoms with Gasteiger partial charge in [-0.3, -0.25) is 9.48 Å². The van der Waals surface area contributed by atoms with E-state index < -0.39 is 17.3 Å². The fraction of sp³-hybridized carbons (Fsp3) is 0.552. The van der Waals surface area contributed by atoms with Crippen LogP contribution in [0.1, 0.15) is 76.2 Å². The summed E-state index contributed by atoms with van der Waals surface area (Å²) in [7, 11) is 1.50. The highest BCUT2D eigenvalue weighted by atomic mass is 19.4. The molecule has 1 amide bonds. The maximum absolute atomic E-state index is 13.3. The minimum Gasteiger partial charge on any atom is -0.384 e. The Bertz CT molecular complexity index is 1420. The smallest absolute Gasteiger partial charge is 0.384 e. The van der Waals surface area contributed by atoms with Gasteiger partial charge < -0.3 is 15.5 Å². The largest absolute Gasteiger partial charge is 0.435 e. The highest BCUT2D eigenvalue weighted by Gasteiger charge is 2.43. The van der Waals surface area contributed by atoms with Crippen LogP contribution in [-0.2, 0) is 23.4 Å². The molecule has 0 aliphatic carbocycles. The highest BCUT2D eigenvalue weighted by Crippen LogP contribution is 2.43. The molecule has 0 bridgehead atoms. The molecule has 12 heteroatoms. The lowest BCUT2D eigenvalue weighted by Crippen LogP contribution is -2.36. The van der Waals surface area contributed by atoms with Gasteiger partial charge in [0.2, 0.25) is 5.91 Å². The van der Waals surface area contributed by atoms with Crippen LogP contribution < -0.4 is 15.5 Å². The van der Waals surface area contributed by atoms with Crippen molar-refractivity contribution >= 4 is 23.2 Å². The summed E-state index contributed by atoms with van der Waals surface area (Å²) in [5.74, 6) is 1.93.